The van der Waals surface area contributed by atoms with Crippen LogP contribution < -0.4 is 10.6 Å². The molecule has 278 valence electrons. The Morgan fingerprint density at radius 1 is 1.02 bits per heavy atom. The van der Waals surface area contributed by atoms with Crippen LogP contribution in [0.2, 0.25) is 0 Å². The fraction of sp³-hybridized carbons (Fsp3) is 0.425. The molecule has 8 rings (SSSR count). The highest BCUT2D eigenvalue weighted by Gasteiger charge is 2.76. The minimum Gasteiger partial charge on any atom is -0.508 e. The molecule has 3 saturated heterocycles. The van der Waals surface area contributed by atoms with Crippen LogP contribution in [0.5, 0.6) is 5.75 Å². The van der Waals surface area contributed by atoms with Gasteiger partial charge in [0.25, 0.3) is 0 Å². The lowest BCUT2D eigenvalue weighted by Crippen LogP contribution is -2.71. The number of aromatic hydroxyl groups is 1. The number of hydrogen-bond acceptors (Lipinski definition) is 11. The van der Waals surface area contributed by atoms with Gasteiger partial charge in [-0.3, -0.25) is 19.2 Å². The van der Waals surface area contributed by atoms with E-state index in [0.717, 1.165) is 27.8 Å². The Labute approximate surface area is 306 Å². The number of carbonyl (C=O) groups excluding carboxylic acids is 3. The number of carbonyl (C=O) groups is 3. The average Bonchev–Trinajstić information content (AvgIpc) is 3.81. The van der Waals surface area contributed by atoms with Crippen molar-refractivity contribution in [1.82, 2.24) is 15.7 Å². The van der Waals surface area contributed by atoms with E-state index in [-0.39, 0.29) is 31.9 Å². The van der Waals surface area contributed by atoms with Gasteiger partial charge in [0.15, 0.2) is 11.8 Å². The molecule has 8 unspecified atom stereocenters. The number of rotatable bonds is 11. The number of phenols is 1. The summed E-state index contributed by atoms with van der Waals surface area (Å²) in [6.45, 7) is 1.11. The lowest BCUT2D eigenvalue weighted by atomic mass is 9.62. The lowest BCUT2D eigenvalue weighted by molar-refractivity contribution is -0.217. The maximum atomic E-state index is 14.7. The van der Waals surface area contributed by atoms with Gasteiger partial charge in [-0.25, -0.2) is 0 Å². The van der Waals surface area contributed by atoms with Crippen LogP contribution in [0, 0.1) is 5.41 Å². The molecule has 4 fully saturated rings. The van der Waals surface area contributed by atoms with Gasteiger partial charge in [-0.1, -0.05) is 78.9 Å². The number of hydrogen-bond donors (Lipinski definition) is 5. The molecule has 8 atom stereocenters. The zero-order valence-corrected chi connectivity index (χ0v) is 29.2. The second-order valence-electron chi connectivity index (χ2n) is 14.6. The second-order valence-corrected chi connectivity index (χ2v) is 14.6. The van der Waals surface area contributed by atoms with Gasteiger partial charge in [0.2, 0.25) is 11.8 Å². The molecular weight excluding hydrogens is 682 g/mol. The van der Waals surface area contributed by atoms with Crippen LogP contribution in [0.25, 0.3) is 6.08 Å². The van der Waals surface area contributed by atoms with Crippen LogP contribution in [-0.2, 0) is 59.2 Å². The number of nitrogens with one attached hydrogen (secondary N) is 2. The van der Waals surface area contributed by atoms with Gasteiger partial charge in [-0.05, 0) is 47.2 Å². The third-order valence-electron chi connectivity index (χ3n) is 11.1. The number of phenolic OH excluding ortho intramolecular Hbond substituents is 1. The Morgan fingerprint density at radius 2 is 1.75 bits per heavy atom. The number of fused-ring (bicyclic) bond motifs is 5. The van der Waals surface area contributed by atoms with E-state index in [9.17, 15) is 29.7 Å². The van der Waals surface area contributed by atoms with Crippen molar-refractivity contribution in [2.45, 2.75) is 87.5 Å². The van der Waals surface area contributed by atoms with Gasteiger partial charge >= 0.3 is 5.97 Å². The third kappa shape index (κ3) is 6.30. The lowest BCUT2D eigenvalue weighted by Gasteiger charge is -2.49. The van der Waals surface area contributed by atoms with E-state index in [1.165, 1.54) is 12.0 Å². The van der Waals surface area contributed by atoms with E-state index in [1.807, 2.05) is 72.8 Å². The number of esters is 1. The average molecular weight is 726 g/mol. The summed E-state index contributed by atoms with van der Waals surface area (Å²) in [4.78, 5) is 48.6. The standard InChI is InChI=1S/C40H43N3O10/c1-23(45)31(36(47)41-16-17-44)42-38(49)40-21-30-32-33(52-39(51-32)19-27-12-2-3-13-28(27)20-39)35(40)53-43(34(40)37(48)50-30)22-25-10-6-8-24(18-25)9-7-14-26-11-4-5-15-29(26)46/h2-13,15,18,23,30-35,44-46H,14,16-17,19-22H2,1H3,(H,41,47)(H,42,49). The van der Waals surface area contributed by atoms with Crippen LogP contribution >= 0.6 is 0 Å². The third-order valence-corrected chi connectivity index (χ3v) is 11.1. The zero-order valence-electron chi connectivity index (χ0n) is 29.2. The molecule has 3 aromatic carbocycles. The Kier molecular flexibility index (Phi) is 9.34. The molecule has 2 bridgehead atoms. The molecule has 5 aliphatic rings. The smallest absolute Gasteiger partial charge is 0.327 e. The number of para-hydroxylation sites is 1. The van der Waals surface area contributed by atoms with Crippen LogP contribution in [0.4, 0.5) is 0 Å². The minimum atomic E-state index is -1.57. The van der Waals surface area contributed by atoms with Gasteiger partial charge in [-0.15, -0.1) is 0 Å². The Morgan fingerprint density at radius 3 is 2.49 bits per heavy atom. The Hall–Kier alpha value is -4.63. The van der Waals surface area contributed by atoms with Crippen molar-refractivity contribution in [3.8, 4) is 5.75 Å². The van der Waals surface area contributed by atoms with Crippen molar-refractivity contribution in [3.63, 3.8) is 0 Å². The summed E-state index contributed by atoms with van der Waals surface area (Å²) in [6.07, 6.45) is 0.808. The van der Waals surface area contributed by atoms with E-state index in [2.05, 4.69) is 10.6 Å². The molecule has 53 heavy (non-hydrogen) atoms. The molecule has 13 heteroatoms. The number of benzene rings is 3. The molecule has 13 nitrogen and oxygen atoms in total. The quantitative estimate of drug-likeness (QED) is 0.182. The van der Waals surface area contributed by atoms with E-state index in [4.69, 9.17) is 19.0 Å². The highest BCUT2D eigenvalue weighted by Crippen LogP contribution is 2.58. The number of hydroxylamine groups is 2. The van der Waals surface area contributed by atoms with Gasteiger partial charge in [0.1, 0.15) is 41.6 Å². The first kappa shape index (κ1) is 35.4. The number of aliphatic hydroxyl groups excluding tert-OH is 2. The maximum Gasteiger partial charge on any atom is 0.327 e. The number of ether oxygens (including phenoxy) is 3. The van der Waals surface area contributed by atoms with E-state index in [0.29, 0.717) is 19.3 Å². The second kappa shape index (κ2) is 14.0. The fourth-order valence-electron chi connectivity index (χ4n) is 8.71. The Bertz CT molecular complexity index is 1910. The van der Waals surface area contributed by atoms with Crippen LogP contribution in [0.1, 0.15) is 41.2 Å². The topological polar surface area (TPSA) is 176 Å². The van der Waals surface area contributed by atoms with Crippen LogP contribution in [0.3, 0.4) is 0 Å². The predicted octanol–water partition coefficient (Wildman–Crippen LogP) is 1.70. The number of nitrogens with zero attached hydrogens (tertiary/aromatic N) is 1. The van der Waals surface area contributed by atoms with Crippen molar-refractivity contribution >= 4 is 23.9 Å². The largest absolute Gasteiger partial charge is 0.508 e. The van der Waals surface area contributed by atoms with Gasteiger partial charge in [0, 0.05) is 25.8 Å². The number of amides is 2. The van der Waals surface area contributed by atoms with E-state index < -0.39 is 71.6 Å². The molecule has 3 heterocycles. The van der Waals surface area contributed by atoms with Gasteiger partial charge in [0.05, 0.1) is 19.3 Å². The van der Waals surface area contributed by atoms with E-state index in [1.54, 1.807) is 12.1 Å². The summed E-state index contributed by atoms with van der Waals surface area (Å²) in [6, 6.07) is 20.2. The molecule has 1 saturated carbocycles. The van der Waals surface area contributed by atoms with Gasteiger partial charge < -0.3 is 40.2 Å². The zero-order chi connectivity index (χ0) is 36.9. The summed E-state index contributed by atoms with van der Waals surface area (Å²) in [5, 5.41) is 36.7. The SMILES string of the molecule is CC(O)C(NC(=O)C12CC3OC(=O)C1N(Cc1cccc(C=CCc4ccccc4O)c1)OC2C1OC2(Cc4ccccc4C2)OC31)C(=O)NCCO. The normalized spacial score (nSPS) is 29.0. The number of allylic oxidation sites excluding steroid dienone is 1. The van der Waals surface area contributed by atoms with Gasteiger partial charge in [-0.2, -0.15) is 5.06 Å². The van der Waals surface area contributed by atoms with Crippen molar-refractivity contribution in [1.29, 1.82) is 0 Å². The Balaban J connectivity index is 1.10. The van der Waals surface area contributed by atoms with E-state index >= 15 is 0 Å². The first-order chi connectivity index (χ1) is 25.6. The monoisotopic (exact) mass is 725 g/mol. The van der Waals surface area contributed by atoms with Crippen molar-refractivity contribution in [2.24, 2.45) is 5.41 Å². The fourth-order valence-corrected chi connectivity index (χ4v) is 8.71. The summed E-state index contributed by atoms with van der Waals surface area (Å²) in [5.41, 5.74) is 3.10. The summed E-state index contributed by atoms with van der Waals surface area (Å²) < 4.78 is 19.5. The first-order valence-corrected chi connectivity index (χ1v) is 18.1. The molecule has 5 N–H and O–H groups in total. The first-order valence-electron chi connectivity index (χ1n) is 18.1. The predicted molar refractivity (Wildman–Crippen MR) is 188 cm³/mol. The van der Waals surface area contributed by atoms with Crippen molar-refractivity contribution in [2.75, 3.05) is 13.2 Å². The minimum absolute atomic E-state index is 0.0455. The van der Waals surface area contributed by atoms with Crippen LogP contribution in [0.15, 0.2) is 78.9 Å². The molecular formula is C40H43N3O10. The highest BCUT2D eigenvalue weighted by atomic mass is 16.8. The molecule has 0 aromatic heterocycles. The molecule has 3 aliphatic heterocycles. The molecule has 0 radical (unpaired) electrons. The van der Waals surface area contributed by atoms with Crippen molar-refractivity contribution < 1.29 is 48.8 Å². The molecule has 2 aliphatic carbocycles. The van der Waals surface area contributed by atoms with Crippen molar-refractivity contribution in [3.05, 3.63) is 107 Å². The summed E-state index contributed by atoms with van der Waals surface area (Å²) >= 11 is 0. The summed E-state index contributed by atoms with van der Waals surface area (Å²) in [7, 11) is 0. The summed E-state index contributed by atoms with van der Waals surface area (Å²) in [5.74, 6) is -2.79. The molecule has 2 amide bonds. The molecule has 1 spiro atoms. The van der Waals surface area contributed by atoms with Crippen LogP contribution in [-0.4, -0.2) is 99.7 Å². The number of aliphatic hydroxyl groups is 2. The highest BCUT2D eigenvalue weighted by molar-refractivity contribution is 5.96. The maximum absolute atomic E-state index is 14.7. The molecule has 3 aromatic rings.